The summed E-state index contributed by atoms with van der Waals surface area (Å²) < 4.78 is 15.2. The fourth-order valence-electron chi connectivity index (χ4n) is 2.49. The summed E-state index contributed by atoms with van der Waals surface area (Å²) in [6.07, 6.45) is 3.70. The van der Waals surface area contributed by atoms with Crippen molar-refractivity contribution < 1.29 is 4.39 Å². The van der Waals surface area contributed by atoms with Gasteiger partial charge in [0.1, 0.15) is 11.6 Å². The number of nitrogen functional groups attached to an aromatic ring is 1. The molecule has 0 saturated carbocycles. The summed E-state index contributed by atoms with van der Waals surface area (Å²) in [6, 6.07) is 10.1. The van der Waals surface area contributed by atoms with Crippen molar-refractivity contribution >= 4 is 22.1 Å². The van der Waals surface area contributed by atoms with Gasteiger partial charge in [0.2, 0.25) is 0 Å². The summed E-state index contributed by atoms with van der Waals surface area (Å²) in [5, 5.41) is 1.98. The van der Waals surface area contributed by atoms with E-state index in [1.807, 2.05) is 22.0 Å². The zero-order valence-electron chi connectivity index (χ0n) is 11.9. The summed E-state index contributed by atoms with van der Waals surface area (Å²) in [5.74, 6) is 5.68. The van der Waals surface area contributed by atoms with Gasteiger partial charge < -0.3 is 5.43 Å². The second-order valence-electron chi connectivity index (χ2n) is 4.95. The van der Waals surface area contributed by atoms with E-state index in [9.17, 15) is 4.39 Å². The number of hydrogen-bond acceptors (Lipinski definition) is 5. The third kappa shape index (κ3) is 2.36. The molecule has 0 amide bonds. The first-order chi connectivity index (χ1) is 11.3. The molecule has 0 bridgehead atoms. The number of pyridine rings is 1. The Morgan fingerprint density at radius 1 is 1.09 bits per heavy atom. The lowest BCUT2D eigenvalue weighted by molar-refractivity contribution is 0.628. The predicted octanol–water partition coefficient (Wildman–Crippen LogP) is 3.55. The van der Waals surface area contributed by atoms with Crippen LogP contribution in [0.15, 0.2) is 54.2 Å². The summed E-state index contributed by atoms with van der Waals surface area (Å²) in [4.78, 5) is 9.82. The van der Waals surface area contributed by atoms with Gasteiger partial charge in [-0.05, 0) is 36.4 Å². The van der Waals surface area contributed by atoms with Gasteiger partial charge in [0.15, 0.2) is 4.96 Å². The van der Waals surface area contributed by atoms with E-state index in [2.05, 4.69) is 15.4 Å². The van der Waals surface area contributed by atoms with Gasteiger partial charge in [0.05, 0.1) is 11.4 Å². The number of nitrogens with one attached hydrogen (secondary N) is 1. The Hall–Kier alpha value is -2.77. The van der Waals surface area contributed by atoms with Crippen molar-refractivity contribution in [3.8, 4) is 22.5 Å². The molecule has 0 aliphatic heterocycles. The number of hydrogen-bond donors (Lipinski definition) is 2. The number of rotatable bonds is 3. The molecule has 7 heteroatoms. The topological polar surface area (TPSA) is 68.2 Å². The number of thiazole rings is 1. The maximum absolute atomic E-state index is 13.2. The van der Waals surface area contributed by atoms with Crippen LogP contribution in [0.3, 0.4) is 0 Å². The molecular formula is C16H12FN5S. The van der Waals surface area contributed by atoms with E-state index in [1.165, 1.54) is 12.1 Å². The number of anilines is 1. The van der Waals surface area contributed by atoms with E-state index in [0.29, 0.717) is 5.82 Å². The lowest BCUT2D eigenvalue weighted by atomic mass is 10.1. The summed E-state index contributed by atoms with van der Waals surface area (Å²) >= 11 is 1.55. The maximum Gasteiger partial charge on any atom is 0.194 e. The number of aromatic nitrogens is 3. The Morgan fingerprint density at radius 2 is 1.87 bits per heavy atom. The number of nitrogens with two attached hydrogens (primary N) is 1. The largest absolute Gasteiger partial charge is 0.308 e. The highest BCUT2D eigenvalue weighted by Gasteiger charge is 2.17. The second-order valence-corrected chi connectivity index (χ2v) is 5.82. The van der Waals surface area contributed by atoms with Crippen LogP contribution >= 0.6 is 11.3 Å². The fourth-order valence-corrected chi connectivity index (χ4v) is 3.20. The molecule has 0 radical (unpaired) electrons. The normalized spacial score (nSPS) is 11.0. The Labute approximate surface area is 135 Å². The predicted molar refractivity (Wildman–Crippen MR) is 89.5 cm³/mol. The second kappa shape index (κ2) is 5.45. The van der Waals surface area contributed by atoms with Gasteiger partial charge >= 0.3 is 0 Å². The van der Waals surface area contributed by atoms with Crippen molar-refractivity contribution in [3.05, 3.63) is 60.0 Å². The molecule has 0 unspecified atom stereocenters. The Kier molecular flexibility index (Phi) is 3.29. The zero-order chi connectivity index (χ0) is 15.8. The van der Waals surface area contributed by atoms with Crippen molar-refractivity contribution in [2.24, 2.45) is 5.84 Å². The van der Waals surface area contributed by atoms with Gasteiger partial charge in [0.25, 0.3) is 0 Å². The van der Waals surface area contributed by atoms with E-state index in [1.54, 1.807) is 35.7 Å². The van der Waals surface area contributed by atoms with Gasteiger partial charge in [-0.2, -0.15) is 0 Å². The van der Waals surface area contributed by atoms with Gasteiger partial charge in [-0.3, -0.25) is 4.40 Å². The summed E-state index contributed by atoms with van der Waals surface area (Å²) in [7, 11) is 0. The molecule has 5 nitrogen and oxygen atoms in total. The lowest BCUT2D eigenvalue weighted by Gasteiger charge is -2.06. The maximum atomic E-state index is 13.2. The molecule has 0 fully saturated rings. The van der Waals surface area contributed by atoms with Crippen LogP contribution in [-0.4, -0.2) is 14.4 Å². The van der Waals surface area contributed by atoms with E-state index in [4.69, 9.17) is 5.84 Å². The number of halogens is 1. The van der Waals surface area contributed by atoms with E-state index < -0.39 is 0 Å². The number of imidazole rings is 1. The molecule has 3 N–H and O–H groups in total. The van der Waals surface area contributed by atoms with Crippen molar-refractivity contribution in [1.29, 1.82) is 0 Å². The molecular weight excluding hydrogens is 313 g/mol. The third-order valence-corrected chi connectivity index (χ3v) is 4.32. The molecule has 4 rings (SSSR count). The van der Waals surface area contributed by atoms with Crippen LogP contribution in [0.4, 0.5) is 10.2 Å². The Morgan fingerprint density at radius 3 is 2.57 bits per heavy atom. The van der Waals surface area contributed by atoms with E-state index in [0.717, 1.165) is 27.5 Å². The highest BCUT2D eigenvalue weighted by molar-refractivity contribution is 7.15. The van der Waals surface area contributed by atoms with Gasteiger partial charge in [-0.1, -0.05) is 0 Å². The molecule has 0 aliphatic carbocycles. The van der Waals surface area contributed by atoms with Crippen molar-refractivity contribution in [2.75, 3.05) is 5.43 Å². The number of hydrazine groups is 1. The van der Waals surface area contributed by atoms with Gasteiger partial charge in [-0.15, -0.1) is 11.3 Å². The Bertz CT molecular complexity index is 956. The SMILES string of the molecule is NNc1ccc(-c2c(-c3ccc(F)cc3)nc3sccn23)cn1. The van der Waals surface area contributed by atoms with Crippen molar-refractivity contribution in [2.45, 2.75) is 0 Å². The number of benzene rings is 1. The first-order valence-electron chi connectivity index (χ1n) is 6.91. The minimum atomic E-state index is -0.267. The first-order valence-corrected chi connectivity index (χ1v) is 7.79. The minimum absolute atomic E-state index is 0.267. The van der Waals surface area contributed by atoms with Crippen LogP contribution in [0.25, 0.3) is 27.5 Å². The molecule has 0 atom stereocenters. The summed E-state index contributed by atoms with van der Waals surface area (Å²) in [5.41, 5.74) is 6.00. The van der Waals surface area contributed by atoms with Gasteiger partial charge in [0, 0.05) is 28.9 Å². The molecule has 1 aromatic carbocycles. The number of fused-ring (bicyclic) bond motifs is 1. The van der Waals surface area contributed by atoms with Crippen molar-refractivity contribution in [3.63, 3.8) is 0 Å². The average Bonchev–Trinajstić information content (AvgIpc) is 3.16. The molecule has 0 aliphatic rings. The lowest BCUT2D eigenvalue weighted by Crippen LogP contribution is -2.08. The third-order valence-electron chi connectivity index (χ3n) is 3.56. The quantitative estimate of drug-likeness (QED) is 0.446. The highest BCUT2D eigenvalue weighted by atomic mass is 32.1. The molecule has 3 heterocycles. The van der Waals surface area contributed by atoms with Crippen LogP contribution in [0, 0.1) is 5.82 Å². The first kappa shape index (κ1) is 13.9. The fraction of sp³-hybridized carbons (Fsp3) is 0. The zero-order valence-corrected chi connectivity index (χ0v) is 12.7. The minimum Gasteiger partial charge on any atom is -0.308 e. The molecule has 23 heavy (non-hydrogen) atoms. The van der Waals surface area contributed by atoms with Crippen LogP contribution in [0.1, 0.15) is 0 Å². The average molecular weight is 325 g/mol. The van der Waals surface area contributed by atoms with Gasteiger partial charge in [-0.25, -0.2) is 20.2 Å². The molecule has 0 saturated heterocycles. The molecule has 3 aromatic heterocycles. The van der Waals surface area contributed by atoms with Crippen LogP contribution in [0.5, 0.6) is 0 Å². The van der Waals surface area contributed by atoms with Crippen LogP contribution < -0.4 is 11.3 Å². The van der Waals surface area contributed by atoms with Crippen LogP contribution in [0.2, 0.25) is 0 Å². The molecule has 114 valence electrons. The standard InChI is InChI=1S/C16H12FN5S/c17-12-4-1-10(2-5-12)14-15(22-7-8-23-16(22)20-14)11-3-6-13(21-18)19-9-11/h1-9H,18H2,(H,19,21). The van der Waals surface area contributed by atoms with E-state index >= 15 is 0 Å². The monoisotopic (exact) mass is 325 g/mol. The molecule has 0 spiro atoms. The molecule has 4 aromatic rings. The van der Waals surface area contributed by atoms with Crippen LogP contribution in [-0.2, 0) is 0 Å². The highest BCUT2D eigenvalue weighted by Crippen LogP contribution is 2.34. The van der Waals surface area contributed by atoms with Crippen molar-refractivity contribution in [1.82, 2.24) is 14.4 Å². The number of nitrogens with zero attached hydrogens (tertiary/aromatic N) is 3. The smallest absolute Gasteiger partial charge is 0.194 e. The van der Waals surface area contributed by atoms with E-state index in [-0.39, 0.29) is 5.82 Å². The Balaban J connectivity index is 1.94. The summed E-state index contributed by atoms with van der Waals surface area (Å²) in [6.45, 7) is 0.